The number of rotatable bonds is 8. The number of allylic oxidation sites excluding steroid dienone is 1. The highest BCUT2D eigenvalue weighted by Gasteiger charge is 2.21. The maximum Gasteiger partial charge on any atom is 0.237 e. The standard InChI is InChI=1S/C23H29N5O2S.C3H6/c1-16(18-6-4-5-17(7-18)15-31(3)29)9-24-12-21-13-25-22-8-19(10-26-23(22)30-21)20-11-27-28(2)14-20;1-3-2/h4-8,10-11,14,16,21,24-25H,9,12-13,15H2,1-3H3;3H,1H2,2H3. The number of aryl methyl sites for hydroxylation is 1. The lowest BCUT2D eigenvalue weighted by molar-refractivity contribution is 0.193. The van der Waals surface area contributed by atoms with Crippen LogP contribution < -0.4 is 15.4 Å². The zero-order chi connectivity index (χ0) is 24.5. The molecular weight excluding hydrogens is 446 g/mol. The molecule has 1 aliphatic heterocycles. The minimum atomic E-state index is -0.826. The van der Waals surface area contributed by atoms with Gasteiger partial charge < -0.3 is 15.4 Å². The molecule has 3 atom stereocenters. The molecule has 1 aromatic carbocycles. The number of pyridine rings is 1. The average molecular weight is 482 g/mol. The lowest BCUT2D eigenvalue weighted by Gasteiger charge is -2.27. The van der Waals surface area contributed by atoms with Crippen LogP contribution >= 0.6 is 0 Å². The van der Waals surface area contributed by atoms with E-state index in [4.69, 9.17) is 4.74 Å². The quantitative estimate of drug-likeness (QED) is 0.471. The summed E-state index contributed by atoms with van der Waals surface area (Å²) in [5, 5.41) is 11.2. The van der Waals surface area contributed by atoms with Crippen LogP contribution in [0.5, 0.6) is 5.88 Å². The Hall–Kier alpha value is -2.97. The van der Waals surface area contributed by atoms with Gasteiger partial charge in [0.15, 0.2) is 0 Å². The molecule has 3 unspecified atom stereocenters. The maximum absolute atomic E-state index is 11.5. The fraction of sp³-hybridized carbons (Fsp3) is 0.385. The first-order chi connectivity index (χ1) is 16.4. The van der Waals surface area contributed by atoms with Crippen LogP contribution in [0.4, 0.5) is 5.69 Å². The Balaban J connectivity index is 0.00000103. The van der Waals surface area contributed by atoms with Crippen LogP contribution in [0.2, 0.25) is 0 Å². The normalized spacial score (nSPS) is 16.2. The van der Waals surface area contributed by atoms with Crippen LogP contribution in [0.25, 0.3) is 11.1 Å². The Labute approximate surface area is 205 Å². The second kappa shape index (κ2) is 12.5. The molecular formula is C26H35N5O2S. The number of hydrogen-bond donors (Lipinski definition) is 2. The van der Waals surface area contributed by atoms with Gasteiger partial charge in [0.05, 0.1) is 18.4 Å². The average Bonchev–Trinajstić information content (AvgIpc) is 3.25. The summed E-state index contributed by atoms with van der Waals surface area (Å²) < 4.78 is 19.4. The maximum atomic E-state index is 11.5. The third kappa shape index (κ3) is 7.27. The molecule has 0 aliphatic carbocycles. The van der Waals surface area contributed by atoms with Crippen molar-refractivity contribution in [2.24, 2.45) is 7.05 Å². The molecule has 0 saturated heterocycles. The van der Waals surface area contributed by atoms with Crippen molar-refractivity contribution in [1.82, 2.24) is 20.1 Å². The molecule has 0 spiro atoms. The summed E-state index contributed by atoms with van der Waals surface area (Å²) in [6, 6.07) is 10.4. The van der Waals surface area contributed by atoms with Gasteiger partial charge in [0.2, 0.25) is 5.88 Å². The van der Waals surface area contributed by atoms with E-state index >= 15 is 0 Å². The summed E-state index contributed by atoms with van der Waals surface area (Å²) in [4.78, 5) is 4.50. The number of aromatic nitrogens is 3. The Morgan fingerprint density at radius 1 is 1.35 bits per heavy atom. The molecule has 3 aromatic rings. The Morgan fingerprint density at radius 2 is 2.15 bits per heavy atom. The number of benzene rings is 1. The summed E-state index contributed by atoms with van der Waals surface area (Å²) in [6.45, 7) is 9.76. The van der Waals surface area contributed by atoms with Crippen LogP contribution in [0.15, 0.2) is 61.6 Å². The summed E-state index contributed by atoms with van der Waals surface area (Å²) in [5.41, 5.74) is 5.34. The summed E-state index contributed by atoms with van der Waals surface area (Å²) >= 11 is 0. The highest BCUT2D eigenvalue weighted by atomic mass is 32.2. The van der Waals surface area contributed by atoms with Gasteiger partial charge in [0.25, 0.3) is 0 Å². The number of nitrogens with one attached hydrogen (secondary N) is 2. The minimum Gasteiger partial charge on any atom is -0.470 e. The van der Waals surface area contributed by atoms with Crippen molar-refractivity contribution in [2.75, 3.05) is 31.2 Å². The van der Waals surface area contributed by atoms with E-state index in [1.165, 1.54) is 5.56 Å². The monoisotopic (exact) mass is 481 g/mol. The van der Waals surface area contributed by atoms with Gasteiger partial charge in [-0.25, -0.2) is 4.98 Å². The van der Waals surface area contributed by atoms with Crippen LogP contribution in [0, 0.1) is 0 Å². The Morgan fingerprint density at radius 3 is 2.85 bits per heavy atom. The van der Waals surface area contributed by atoms with Crippen molar-refractivity contribution in [3.05, 3.63) is 72.7 Å². The second-order valence-corrected chi connectivity index (χ2v) is 9.97. The zero-order valence-corrected chi connectivity index (χ0v) is 21.3. The number of hydrogen-bond acceptors (Lipinski definition) is 6. The fourth-order valence-corrected chi connectivity index (χ4v) is 4.39. The summed E-state index contributed by atoms with van der Waals surface area (Å²) in [6.07, 6.45) is 9.13. The molecule has 182 valence electrons. The molecule has 7 nitrogen and oxygen atoms in total. The lowest BCUT2D eigenvalue weighted by Crippen LogP contribution is -2.40. The van der Waals surface area contributed by atoms with E-state index < -0.39 is 10.8 Å². The SMILES string of the molecule is C=CC.CC(CNCC1CNc2cc(-c3cnn(C)c3)cnc2O1)c1cccc(CS(C)=O)c1. The van der Waals surface area contributed by atoms with Crippen molar-refractivity contribution >= 4 is 16.5 Å². The number of anilines is 1. The van der Waals surface area contributed by atoms with Crippen molar-refractivity contribution in [3.63, 3.8) is 0 Å². The predicted molar refractivity (Wildman–Crippen MR) is 141 cm³/mol. The van der Waals surface area contributed by atoms with E-state index in [2.05, 4.69) is 52.4 Å². The van der Waals surface area contributed by atoms with E-state index in [0.29, 0.717) is 17.6 Å². The molecule has 0 amide bonds. The Bertz CT molecular complexity index is 1110. The van der Waals surface area contributed by atoms with Gasteiger partial charge in [-0.15, -0.1) is 6.58 Å². The third-order valence-electron chi connectivity index (χ3n) is 5.40. The first-order valence-electron chi connectivity index (χ1n) is 11.5. The van der Waals surface area contributed by atoms with E-state index in [0.717, 1.165) is 42.0 Å². The van der Waals surface area contributed by atoms with Crippen LogP contribution in [0.1, 0.15) is 30.9 Å². The number of nitrogens with zero attached hydrogens (tertiary/aromatic N) is 3. The van der Waals surface area contributed by atoms with Crippen LogP contribution in [-0.4, -0.2) is 51.0 Å². The molecule has 0 fully saturated rings. The molecule has 0 saturated carbocycles. The molecule has 1 aliphatic rings. The number of ether oxygens (including phenoxy) is 1. The molecule has 8 heteroatoms. The number of fused-ring (bicyclic) bond motifs is 1. The van der Waals surface area contributed by atoms with Gasteiger partial charge in [0, 0.05) is 66.5 Å². The van der Waals surface area contributed by atoms with Gasteiger partial charge >= 0.3 is 0 Å². The van der Waals surface area contributed by atoms with Crippen molar-refractivity contribution in [2.45, 2.75) is 31.6 Å². The Kier molecular flexibility index (Phi) is 9.42. The van der Waals surface area contributed by atoms with Crippen LogP contribution in [-0.2, 0) is 23.6 Å². The first kappa shape index (κ1) is 25.6. The summed E-state index contributed by atoms with van der Waals surface area (Å²) in [7, 11) is 1.08. The van der Waals surface area contributed by atoms with Crippen molar-refractivity contribution < 1.29 is 8.95 Å². The largest absolute Gasteiger partial charge is 0.470 e. The molecule has 34 heavy (non-hydrogen) atoms. The molecule has 3 heterocycles. The van der Waals surface area contributed by atoms with E-state index in [1.54, 1.807) is 17.0 Å². The molecule has 0 radical (unpaired) electrons. The minimum absolute atomic E-state index is 0.0188. The molecule has 4 rings (SSSR count). The van der Waals surface area contributed by atoms with Gasteiger partial charge in [-0.1, -0.05) is 37.3 Å². The van der Waals surface area contributed by atoms with Gasteiger partial charge in [-0.3, -0.25) is 8.89 Å². The van der Waals surface area contributed by atoms with Crippen molar-refractivity contribution in [1.29, 1.82) is 0 Å². The topological polar surface area (TPSA) is 81.1 Å². The van der Waals surface area contributed by atoms with Crippen LogP contribution in [0.3, 0.4) is 0 Å². The van der Waals surface area contributed by atoms with Gasteiger partial charge in [-0.05, 0) is 30.0 Å². The predicted octanol–water partition coefficient (Wildman–Crippen LogP) is 4.12. The highest BCUT2D eigenvalue weighted by Crippen LogP contribution is 2.31. The van der Waals surface area contributed by atoms with Crippen molar-refractivity contribution in [3.8, 4) is 17.0 Å². The fourth-order valence-electron chi connectivity index (χ4n) is 3.74. The van der Waals surface area contributed by atoms with Gasteiger partial charge in [0.1, 0.15) is 6.10 Å². The van der Waals surface area contributed by atoms with Gasteiger partial charge in [-0.2, -0.15) is 5.10 Å². The molecule has 2 aromatic heterocycles. The van der Waals surface area contributed by atoms with E-state index in [-0.39, 0.29) is 6.10 Å². The molecule has 0 bridgehead atoms. The molecule has 2 N–H and O–H groups in total. The third-order valence-corrected chi connectivity index (χ3v) is 6.14. The highest BCUT2D eigenvalue weighted by molar-refractivity contribution is 7.83. The zero-order valence-electron chi connectivity index (χ0n) is 20.5. The van der Waals surface area contributed by atoms with E-state index in [1.807, 2.05) is 44.7 Å². The lowest BCUT2D eigenvalue weighted by atomic mass is 9.99. The first-order valence-corrected chi connectivity index (χ1v) is 13.2. The van der Waals surface area contributed by atoms with E-state index in [9.17, 15) is 4.21 Å². The second-order valence-electron chi connectivity index (χ2n) is 8.53. The smallest absolute Gasteiger partial charge is 0.237 e. The summed E-state index contributed by atoms with van der Waals surface area (Å²) in [5.74, 6) is 1.60.